The SMILES string of the molecule is Oc1ccc(N=Nc2ccc(OCCc3ccc4ccccc4c3)cc2)cc1. The first-order valence-corrected chi connectivity index (χ1v) is 9.18. The highest BCUT2D eigenvalue weighted by Crippen LogP contribution is 2.23. The number of rotatable bonds is 6. The number of azo groups is 1. The van der Waals surface area contributed by atoms with E-state index in [-0.39, 0.29) is 5.75 Å². The standard InChI is InChI=1S/C24H20N2O2/c27-23-11-7-21(8-12-23)25-26-22-9-13-24(14-10-22)28-16-15-18-5-6-19-3-1-2-4-20(19)17-18/h1-14,17,27H,15-16H2. The van der Waals surface area contributed by atoms with Crippen LogP contribution in [0.15, 0.2) is 101 Å². The molecule has 0 heterocycles. The molecule has 138 valence electrons. The van der Waals surface area contributed by atoms with Gasteiger partial charge in [-0.05, 0) is 64.9 Å². The molecule has 0 aliphatic rings. The Bertz CT molecular complexity index is 1090. The summed E-state index contributed by atoms with van der Waals surface area (Å²) < 4.78 is 5.85. The Morgan fingerprint density at radius 2 is 1.32 bits per heavy atom. The van der Waals surface area contributed by atoms with Gasteiger partial charge in [-0.3, -0.25) is 0 Å². The molecule has 0 saturated heterocycles. The first-order valence-electron chi connectivity index (χ1n) is 9.18. The van der Waals surface area contributed by atoms with E-state index >= 15 is 0 Å². The van der Waals surface area contributed by atoms with Gasteiger partial charge in [-0.2, -0.15) is 10.2 Å². The predicted octanol–water partition coefficient (Wildman–Crippen LogP) is 6.58. The zero-order chi connectivity index (χ0) is 19.2. The van der Waals surface area contributed by atoms with Crippen LogP contribution in [-0.4, -0.2) is 11.7 Å². The lowest BCUT2D eigenvalue weighted by atomic mass is 10.1. The lowest BCUT2D eigenvalue weighted by molar-refractivity contribution is 0.322. The van der Waals surface area contributed by atoms with E-state index in [1.165, 1.54) is 16.3 Å². The van der Waals surface area contributed by atoms with Crippen LogP contribution in [0.5, 0.6) is 11.5 Å². The molecule has 0 aromatic heterocycles. The second-order valence-electron chi connectivity index (χ2n) is 6.49. The molecule has 0 spiro atoms. The minimum absolute atomic E-state index is 0.212. The average Bonchev–Trinajstić information content (AvgIpc) is 2.74. The zero-order valence-corrected chi connectivity index (χ0v) is 15.3. The van der Waals surface area contributed by atoms with E-state index in [2.05, 4.69) is 52.7 Å². The van der Waals surface area contributed by atoms with Gasteiger partial charge in [0.1, 0.15) is 11.5 Å². The van der Waals surface area contributed by atoms with E-state index in [1.807, 2.05) is 24.3 Å². The van der Waals surface area contributed by atoms with E-state index in [1.54, 1.807) is 24.3 Å². The fraction of sp³-hybridized carbons (Fsp3) is 0.0833. The molecule has 1 N–H and O–H groups in total. The maximum Gasteiger partial charge on any atom is 0.119 e. The Morgan fingerprint density at radius 1 is 0.679 bits per heavy atom. The molecule has 4 aromatic carbocycles. The highest BCUT2D eigenvalue weighted by molar-refractivity contribution is 5.82. The lowest BCUT2D eigenvalue weighted by Gasteiger charge is -2.07. The zero-order valence-electron chi connectivity index (χ0n) is 15.3. The number of phenols is 1. The molecule has 0 radical (unpaired) electrons. The molecule has 4 aromatic rings. The first-order chi connectivity index (χ1) is 13.8. The van der Waals surface area contributed by atoms with Gasteiger partial charge in [0, 0.05) is 6.42 Å². The fourth-order valence-electron chi connectivity index (χ4n) is 2.92. The third-order valence-electron chi connectivity index (χ3n) is 4.44. The predicted molar refractivity (Wildman–Crippen MR) is 112 cm³/mol. The summed E-state index contributed by atoms with van der Waals surface area (Å²) in [5.74, 6) is 1.02. The number of hydrogen-bond acceptors (Lipinski definition) is 4. The summed E-state index contributed by atoms with van der Waals surface area (Å²) in [5, 5.41) is 20.1. The number of fused-ring (bicyclic) bond motifs is 1. The highest BCUT2D eigenvalue weighted by Gasteiger charge is 1.99. The molecule has 0 unspecified atom stereocenters. The summed E-state index contributed by atoms with van der Waals surface area (Å²) in [6.07, 6.45) is 0.854. The Labute approximate surface area is 163 Å². The van der Waals surface area contributed by atoms with Gasteiger partial charge in [0.25, 0.3) is 0 Å². The number of aromatic hydroxyl groups is 1. The maximum atomic E-state index is 9.28. The van der Waals surface area contributed by atoms with Gasteiger partial charge in [-0.15, -0.1) is 0 Å². The molecule has 0 saturated carbocycles. The summed E-state index contributed by atoms with van der Waals surface area (Å²) in [7, 11) is 0. The van der Waals surface area contributed by atoms with Crippen molar-refractivity contribution in [3.63, 3.8) is 0 Å². The van der Waals surface area contributed by atoms with Crippen molar-refractivity contribution in [2.45, 2.75) is 6.42 Å². The van der Waals surface area contributed by atoms with Gasteiger partial charge < -0.3 is 9.84 Å². The van der Waals surface area contributed by atoms with Crippen molar-refractivity contribution in [2.75, 3.05) is 6.61 Å². The van der Waals surface area contributed by atoms with Crippen LogP contribution in [0.4, 0.5) is 11.4 Å². The smallest absolute Gasteiger partial charge is 0.119 e. The molecule has 0 amide bonds. The summed E-state index contributed by atoms with van der Waals surface area (Å²) in [4.78, 5) is 0. The number of benzene rings is 4. The Balaban J connectivity index is 1.32. The summed E-state index contributed by atoms with van der Waals surface area (Å²) in [6, 6.07) is 29.0. The van der Waals surface area contributed by atoms with Crippen LogP contribution in [0.2, 0.25) is 0 Å². The molecular weight excluding hydrogens is 348 g/mol. The number of hydrogen-bond donors (Lipinski definition) is 1. The van der Waals surface area contributed by atoms with Crippen LogP contribution in [0, 0.1) is 0 Å². The third kappa shape index (κ3) is 4.54. The van der Waals surface area contributed by atoms with Crippen molar-refractivity contribution < 1.29 is 9.84 Å². The highest BCUT2D eigenvalue weighted by atomic mass is 16.5. The third-order valence-corrected chi connectivity index (χ3v) is 4.44. The van der Waals surface area contributed by atoms with Gasteiger partial charge in [-0.1, -0.05) is 42.5 Å². The Morgan fingerprint density at radius 3 is 2.04 bits per heavy atom. The minimum atomic E-state index is 0.212. The van der Waals surface area contributed by atoms with Gasteiger partial charge in [0.15, 0.2) is 0 Å². The summed E-state index contributed by atoms with van der Waals surface area (Å²) in [6.45, 7) is 0.618. The van der Waals surface area contributed by atoms with E-state index < -0.39 is 0 Å². The van der Waals surface area contributed by atoms with Crippen molar-refractivity contribution in [3.05, 3.63) is 96.6 Å². The summed E-state index contributed by atoms with van der Waals surface area (Å²) in [5.41, 5.74) is 2.70. The largest absolute Gasteiger partial charge is 0.508 e. The van der Waals surface area contributed by atoms with Crippen LogP contribution in [0.1, 0.15) is 5.56 Å². The molecule has 0 bridgehead atoms. The molecule has 4 rings (SSSR count). The van der Waals surface area contributed by atoms with Crippen LogP contribution in [-0.2, 0) is 6.42 Å². The normalized spacial score (nSPS) is 11.1. The molecule has 0 aliphatic carbocycles. The van der Waals surface area contributed by atoms with E-state index in [0.717, 1.165) is 17.9 Å². The second kappa shape index (κ2) is 8.35. The fourth-order valence-corrected chi connectivity index (χ4v) is 2.92. The second-order valence-corrected chi connectivity index (χ2v) is 6.49. The van der Waals surface area contributed by atoms with Crippen LogP contribution in [0.3, 0.4) is 0 Å². The van der Waals surface area contributed by atoms with Gasteiger partial charge in [-0.25, -0.2) is 0 Å². The van der Waals surface area contributed by atoms with E-state index in [4.69, 9.17) is 4.74 Å². The maximum absolute atomic E-state index is 9.28. The molecule has 0 fully saturated rings. The first kappa shape index (κ1) is 17.7. The van der Waals surface area contributed by atoms with Crippen molar-refractivity contribution in [3.8, 4) is 11.5 Å². The van der Waals surface area contributed by atoms with E-state index in [9.17, 15) is 5.11 Å². The lowest BCUT2D eigenvalue weighted by Crippen LogP contribution is -2.01. The van der Waals surface area contributed by atoms with Crippen molar-refractivity contribution in [1.29, 1.82) is 0 Å². The number of phenolic OH excluding ortho intramolecular Hbond substituents is 1. The van der Waals surface area contributed by atoms with Crippen LogP contribution < -0.4 is 4.74 Å². The minimum Gasteiger partial charge on any atom is -0.508 e. The molecule has 4 heteroatoms. The number of nitrogens with zero attached hydrogens (tertiary/aromatic N) is 2. The molecular formula is C24H20N2O2. The van der Waals surface area contributed by atoms with Crippen molar-refractivity contribution >= 4 is 22.1 Å². The van der Waals surface area contributed by atoms with Crippen molar-refractivity contribution in [1.82, 2.24) is 0 Å². The molecule has 0 atom stereocenters. The molecule has 0 aliphatic heterocycles. The number of ether oxygens (including phenoxy) is 1. The quantitative estimate of drug-likeness (QED) is 0.391. The van der Waals surface area contributed by atoms with Gasteiger partial charge in [0.2, 0.25) is 0 Å². The molecule has 4 nitrogen and oxygen atoms in total. The van der Waals surface area contributed by atoms with Crippen molar-refractivity contribution in [2.24, 2.45) is 10.2 Å². The monoisotopic (exact) mass is 368 g/mol. The Hall–Kier alpha value is -3.66. The van der Waals surface area contributed by atoms with Gasteiger partial charge >= 0.3 is 0 Å². The average molecular weight is 368 g/mol. The van der Waals surface area contributed by atoms with Crippen LogP contribution in [0.25, 0.3) is 10.8 Å². The van der Waals surface area contributed by atoms with Gasteiger partial charge in [0.05, 0.1) is 18.0 Å². The van der Waals surface area contributed by atoms with E-state index in [0.29, 0.717) is 12.3 Å². The Kier molecular flexibility index (Phi) is 5.29. The molecule has 28 heavy (non-hydrogen) atoms. The van der Waals surface area contributed by atoms with Crippen LogP contribution >= 0.6 is 0 Å². The topological polar surface area (TPSA) is 54.2 Å². The summed E-state index contributed by atoms with van der Waals surface area (Å²) >= 11 is 0.